The lowest BCUT2D eigenvalue weighted by Gasteiger charge is -2.06. The van der Waals surface area contributed by atoms with E-state index >= 15 is 0 Å². The maximum Gasteiger partial charge on any atom is 0.337 e. The van der Waals surface area contributed by atoms with Gasteiger partial charge in [0.2, 0.25) is 17.6 Å². The zero-order chi connectivity index (χ0) is 19.2. The molecular formula is C20H19N3O4. The fourth-order valence-corrected chi connectivity index (χ4v) is 2.58. The molecule has 1 N–H and O–H groups in total. The van der Waals surface area contributed by atoms with Gasteiger partial charge in [-0.3, -0.25) is 4.79 Å². The van der Waals surface area contributed by atoms with Crippen molar-refractivity contribution in [2.45, 2.75) is 19.8 Å². The maximum atomic E-state index is 12.2. The van der Waals surface area contributed by atoms with Crippen LogP contribution in [0.1, 0.15) is 28.2 Å². The summed E-state index contributed by atoms with van der Waals surface area (Å²) in [5.74, 6) is 0.231. The third-order valence-electron chi connectivity index (χ3n) is 3.99. The van der Waals surface area contributed by atoms with Crippen LogP contribution in [0.4, 0.5) is 5.69 Å². The van der Waals surface area contributed by atoms with Crippen molar-refractivity contribution in [3.8, 4) is 11.4 Å². The molecule has 0 saturated carbocycles. The second kappa shape index (κ2) is 8.27. The summed E-state index contributed by atoms with van der Waals surface area (Å²) in [4.78, 5) is 28.0. The van der Waals surface area contributed by atoms with E-state index in [0.29, 0.717) is 29.4 Å². The molecule has 7 nitrogen and oxygen atoms in total. The first-order valence-electron chi connectivity index (χ1n) is 8.43. The molecule has 0 aliphatic carbocycles. The van der Waals surface area contributed by atoms with Crippen LogP contribution in [0.3, 0.4) is 0 Å². The Morgan fingerprint density at radius 1 is 1.15 bits per heavy atom. The molecule has 0 aliphatic heterocycles. The molecular weight excluding hydrogens is 346 g/mol. The van der Waals surface area contributed by atoms with Gasteiger partial charge in [0, 0.05) is 24.1 Å². The van der Waals surface area contributed by atoms with Crippen LogP contribution in [0, 0.1) is 6.92 Å². The Labute approximate surface area is 156 Å². The largest absolute Gasteiger partial charge is 0.465 e. The minimum Gasteiger partial charge on any atom is -0.465 e. The molecule has 0 saturated heterocycles. The number of esters is 1. The van der Waals surface area contributed by atoms with E-state index in [1.807, 2.05) is 31.2 Å². The first-order valence-corrected chi connectivity index (χ1v) is 8.43. The molecule has 138 valence electrons. The molecule has 0 fully saturated rings. The number of carbonyl (C=O) groups excluding carboxylic acids is 2. The highest BCUT2D eigenvalue weighted by Crippen LogP contribution is 2.20. The Bertz CT molecular complexity index is 965. The second-order valence-corrected chi connectivity index (χ2v) is 5.95. The van der Waals surface area contributed by atoms with Gasteiger partial charge in [0.05, 0.1) is 12.7 Å². The van der Waals surface area contributed by atoms with E-state index in [9.17, 15) is 9.59 Å². The van der Waals surface area contributed by atoms with E-state index in [1.54, 1.807) is 24.3 Å². The van der Waals surface area contributed by atoms with Crippen molar-refractivity contribution in [2.24, 2.45) is 0 Å². The van der Waals surface area contributed by atoms with Crippen molar-refractivity contribution in [1.82, 2.24) is 10.1 Å². The van der Waals surface area contributed by atoms with Crippen molar-refractivity contribution in [3.05, 3.63) is 65.5 Å². The molecule has 0 unspecified atom stereocenters. The third-order valence-corrected chi connectivity index (χ3v) is 3.99. The molecule has 0 spiro atoms. The number of nitrogens with one attached hydrogen (secondary N) is 1. The Hall–Kier alpha value is -3.48. The Morgan fingerprint density at radius 3 is 2.74 bits per heavy atom. The fraction of sp³-hybridized carbons (Fsp3) is 0.200. The van der Waals surface area contributed by atoms with Crippen molar-refractivity contribution >= 4 is 17.6 Å². The standard InChI is InChI=1S/C20H19N3O4/c1-13-6-3-4-9-16(13)19-22-18(27-23-19)11-10-17(24)21-15-8-5-7-14(12-15)20(25)26-2/h3-9,12H,10-11H2,1-2H3,(H,21,24). The number of anilines is 1. The van der Waals surface area contributed by atoms with Gasteiger partial charge in [-0.2, -0.15) is 4.98 Å². The zero-order valence-corrected chi connectivity index (χ0v) is 15.1. The van der Waals surface area contributed by atoms with Crippen LogP contribution >= 0.6 is 0 Å². The maximum absolute atomic E-state index is 12.2. The number of hydrogen-bond donors (Lipinski definition) is 1. The number of hydrogen-bond acceptors (Lipinski definition) is 6. The van der Waals surface area contributed by atoms with Crippen LogP contribution in [0.15, 0.2) is 53.1 Å². The van der Waals surface area contributed by atoms with Gasteiger partial charge >= 0.3 is 5.97 Å². The molecule has 7 heteroatoms. The summed E-state index contributed by atoms with van der Waals surface area (Å²) in [5.41, 5.74) is 2.84. The molecule has 0 bridgehead atoms. The van der Waals surface area contributed by atoms with Gasteiger partial charge in [-0.15, -0.1) is 0 Å². The van der Waals surface area contributed by atoms with Crippen molar-refractivity contribution in [3.63, 3.8) is 0 Å². The van der Waals surface area contributed by atoms with Gasteiger partial charge in [0.1, 0.15) is 0 Å². The topological polar surface area (TPSA) is 94.3 Å². The van der Waals surface area contributed by atoms with Crippen LogP contribution in [0.2, 0.25) is 0 Å². The van der Waals surface area contributed by atoms with Crippen LogP contribution in [0.25, 0.3) is 11.4 Å². The Kier molecular flexibility index (Phi) is 5.61. The van der Waals surface area contributed by atoms with Crippen LogP contribution in [-0.4, -0.2) is 29.1 Å². The van der Waals surface area contributed by atoms with Crippen molar-refractivity contribution in [2.75, 3.05) is 12.4 Å². The summed E-state index contributed by atoms with van der Waals surface area (Å²) in [6.07, 6.45) is 0.499. The van der Waals surface area contributed by atoms with Crippen LogP contribution in [0.5, 0.6) is 0 Å². The van der Waals surface area contributed by atoms with Gasteiger partial charge in [-0.05, 0) is 30.7 Å². The van der Waals surface area contributed by atoms with Gasteiger partial charge in [-0.25, -0.2) is 4.79 Å². The van der Waals surface area contributed by atoms with Crippen molar-refractivity contribution in [1.29, 1.82) is 0 Å². The minimum absolute atomic E-state index is 0.178. The summed E-state index contributed by atoms with van der Waals surface area (Å²) in [5, 5.41) is 6.72. The normalized spacial score (nSPS) is 10.4. The molecule has 3 rings (SSSR count). The van der Waals surface area contributed by atoms with E-state index in [0.717, 1.165) is 11.1 Å². The minimum atomic E-state index is -0.458. The van der Waals surface area contributed by atoms with Gasteiger partial charge < -0.3 is 14.6 Å². The second-order valence-electron chi connectivity index (χ2n) is 5.95. The number of nitrogens with zero attached hydrogens (tertiary/aromatic N) is 2. The number of amides is 1. The summed E-state index contributed by atoms with van der Waals surface area (Å²) in [6, 6.07) is 14.3. The lowest BCUT2D eigenvalue weighted by atomic mass is 10.1. The highest BCUT2D eigenvalue weighted by molar-refractivity contribution is 5.94. The van der Waals surface area contributed by atoms with E-state index in [1.165, 1.54) is 7.11 Å². The number of rotatable bonds is 6. The van der Waals surface area contributed by atoms with Gasteiger partial charge in [0.25, 0.3) is 0 Å². The van der Waals surface area contributed by atoms with E-state index in [2.05, 4.69) is 20.2 Å². The van der Waals surface area contributed by atoms with E-state index in [4.69, 9.17) is 4.52 Å². The number of ether oxygens (including phenoxy) is 1. The van der Waals surface area contributed by atoms with Crippen molar-refractivity contribution < 1.29 is 18.8 Å². The average molecular weight is 365 g/mol. The summed E-state index contributed by atoms with van der Waals surface area (Å²) in [6.45, 7) is 1.97. The molecule has 1 heterocycles. The lowest BCUT2D eigenvalue weighted by molar-refractivity contribution is -0.116. The lowest BCUT2D eigenvalue weighted by Crippen LogP contribution is -2.13. The first kappa shape index (κ1) is 18.3. The summed E-state index contributed by atoms with van der Waals surface area (Å²) < 4.78 is 9.91. The monoisotopic (exact) mass is 365 g/mol. The summed E-state index contributed by atoms with van der Waals surface area (Å²) in [7, 11) is 1.31. The van der Waals surface area contributed by atoms with E-state index < -0.39 is 5.97 Å². The highest BCUT2D eigenvalue weighted by Gasteiger charge is 2.13. The molecule has 2 aromatic carbocycles. The Balaban J connectivity index is 1.59. The molecule has 0 atom stereocenters. The van der Waals surface area contributed by atoms with Crippen LogP contribution < -0.4 is 5.32 Å². The molecule has 27 heavy (non-hydrogen) atoms. The zero-order valence-electron chi connectivity index (χ0n) is 15.1. The van der Waals surface area contributed by atoms with E-state index in [-0.39, 0.29) is 12.3 Å². The van der Waals surface area contributed by atoms with Crippen LogP contribution in [-0.2, 0) is 16.0 Å². The molecule has 1 aromatic heterocycles. The average Bonchev–Trinajstić information content (AvgIpc) is 3.15. The number of aryl methyl sites for hydroxylation is 2. The molecule has 0 radical (unpaired) electrons. The highest BCUT2D eigenvalue weighted by atomic mass is 16.5. The number of benzene rings is 2. The Morgan fingerprint density at radius 2 is 1.96 bits per heavy atom. The predicted molar refractivity (Wildman–Crippen MR) is 99.2 cm³/mol. The fourth-order valence-electron chi connectivity index (χ4n) is 2.58. The number of methoxy groups -OCH3 is 1. The first-order chi connectivity index (χ1) is 13.1. The summed E-state index contributed by atoms with van der Waals surface area (Å²) >= 11 is 0. The van der Waals surface area contributed by atoms with Gasteiger partial charge in [0.15, 0.2) is 0 Å². The quantitative estimate of drug-likeness (QED) is 0.673. The smallest absolute Gasteiger partial charge is 0.337 e. The molecule has 1 amide bonds. The third kappa shape index (κ3) is 4.58. The molecule has 3 aromatic rings. The SMILES string of the molecule is COC(=O)c1cccc(NC(=O)CCc2nc(-c3ccccc3C)no2)c1. The predicted octanol–water partition coefficient (Wildman–Crippen LogP) is 3.40. The number of aromatic nitrogens is 2. The van der Waals surface area contributed by atoms with Gasteiger partial charge in [-0.1, -0.05) is 35.5 Å². The number of carbonyl (C=O) groups is 2. The molecule has 0 aliphatic rings.